The van der Waals surface area contributed by atoms with Gasteiger partial charge in [-0.3, -0.25) is 0 Å². The lowest BCUT2D eigenvalue weighted by Crippen LogP contribution is -2.35. The first-order valence-corrected chi connectivity index (χ1v) is 6.24. The van der Waals surface area contributed by atoms with E-state index in [1.54, 1.807) is 0 Å². The quantitative estimate of drug-likeness (QED) is 0.848. The lowest BCUT2D eigenvalue weighted by molar-refractivity contribution is 0.123. The smallest absolute Gasteiger partial charge is 0.0912 e. The van der Waals surface area contributed by atoms with Gasteiger partial charge in [0.15, 0.2) is 0 Å². The molecule has 2 rings (SSSR count). The maximum Gasteiger partial charge on any atom is 0.0912 e. The fourth-order valence-corrected chi connectivity index (χ4v) is 2.95. The molecular formula is C11H18N2OS. The fraction of sp³-hybridized carbons (Fsp3) is 0.636. The first-order chi connectivity index (χ1) is 7.25. The van der Waals surface area contributed by atoms with Gasteiger partial charge in [-0.2, -0.15) is 0 Å². The largest absolute Gasteiger partial charge is 0.378 e. The summed E-state index contributed by atoms with van der Waals surface area (Å²) in [5.74, 6) is 0. The van der Waals surface area contributed by atoms with Crippen LogP contribution in [0.5, 0.6) is 0 Å². The first-order valence-electron chi connectivity index (χ1n) is 5.42. The molecule has 1 aliphatic heterocycles. The van der Waals surface area contributed by atoms with E-state index in [2.05, 4.69) is 17.0 Å². The van der Waals surface area contributed by atoms with Crippen molar-refractivity contribution in [1.82, 2.24) is 0 Å². The molecule has 1 aromatic rings. The molecule has 2 N–H and O–H groups in total. The van der Waals surface area contributed by atoms with Gasteiger partial charge in [0.1, 0.15) is 0 Å². The minimum atomic E-state index is 0.251. The van der Waals surface area contributed by atoms with Gasteiger partial charge in [-0.15, -0.1) is 11.3 Å². The second kappa shape index (κ2) is 4.96. The summed E-state index contributed by atoms with van der Waals surface area (Å²) < 4.78 is 5.34. The highest BCUT2D eigenvalue weighted by Gasteiger charge is 2.13. The Kier molecular flexibility index (Phi) is 3.61. The number of hydrogen-bond acceptors (Lipinski definition) is 4. The van der Waals surface area contributed by atoms with Gasteiger partial charge in [-0.1, -0.05) is 0 Å². The lowest BCUT2D eigenvalue weighted by atomic mass is 10.2. The van der Waals surface area contributed by atoms with Crippen LogP contribution in [0.15, 0.2) is 12.1 Å². The average Bonchev–Trinajstić information content (AvgIpc) is 2.67. The predicted molar refractivity (Wildman–Crippen MR) is 64.7 cm³/mol. The molecule has 0 aliphatic carbocycles. The van der Waals surface area contributed by atoms with Gasteiger partial charge < -0.3 is 15.4 Å². The van der Waals surface area contributed by atoms with Crippen molar-refractivity contribution in [3.8, 4) is 0 Å². The van der Waals surface area contributed by atoms with E-state index in [1.165, 1.54) is 9.88 Å². The average molecular weight is 226 g/mol. The van der Waals surface area contributed by atoms with Crippen LogP contribution in [0.4, 0.5) is 5.00 Å². The van der Waals surface area contributed by atoms with E-state index in [9.17, 15) is 0 Å². The van der Waals surface area contributed by atoms with Crippen molar-refractivity contribution in [2.75, 3.05) is 31.2 Å². The van der Waals surface area contributed by atoms with Gasteiger partial charge in [0.05, 0.1) is 18.2 Å². The minimum Gasteiger partial charge on any atom is -0.378 e. The van der Waals surface area contributed by atoms with E-state index in [0.29, 0.717) is 0 Å². The number of nitrogens with two attached hydrogens (primary N) is 1. The molecule has 1 aromatic heterocycles. The van der Waals surface area contributed by atoms with E-state index in [4.69, 9.17) is 10.5 Å². The highest BCUT2D eigenvalue weighted by molar-refractivity contribution is 7.16. The van der Waals surface area contributed by atoms with E-state index in [0.717, 1.165) is 32.7 Å². The second-order valence-electron chi connectivity index (χ2n) is 4.02. The van der Waals surface area contributed by atoms with Crippen molar-refractivity contribution in [1.29, 1.82) is 0 Å². The summed E-state index contributed by atoms with van der Waals surface area (Å²) in [7, 11) is 0. The van der Waals surface area contributed by atoms with Crippen LogP contribution in [0.25, 0.3) is 0 Å². The fourth-order valence-electron chi connectivity index (χ4n) is 1.75. The van der Waals surface area contributed by atoms with Crippen molar-refractivity contribution in [2.45, 2.75) is 19.4 Å². The van der Waals surface area contributed by atoms with E-state index in [1.807, 2.05) is 18.3 Å². The minimum absolute atomic E-state index is 0.251. The number of thiophene rings is 1. The topological polar surface area (TPSA) is 38.5 Å². The number of hydrogen-bond donors (Lipinski definition) is 1. The summed E-state index contributed by atoms with van der Waals surface area (Å²) in [6, 6.07) is 4.65. The molecule has 1 fully saturated rings. The molecular weight excluding hydrogens is 208 g/mol. The monoisotopic (exact) mass is 226 g/mol. The van der Waals surface area contributed by atoms with Crippen LogP contribution in [-0.2, 0) is 11.2 Å². The Balaban J connectivity index is 1.99. The van der Waals surface area contributed by atoms with Gasteiger partial charge in [0, 0.05) is 24.0 Å². The maximum atomic E-state index is 5.79. The zero-order valence-electron chi connectivity index (χ0n) is 9.11. The molecule has 1 unspecified atom stereocenters. The molecule has 4 heteroatoms. The van der Waals surface area contributed by atoms with E-state index >= 15 is 0 Å². The number of rotatable bonds is 3. The molecule has 0 bridgehead atoms. The summed E-state index contributed by atoms with van der Waals surface area (Å²) in [5.41, 5.74) is 5.79. The van der Waals surface area contributed by atoms with Gasteiger partial charge in [0.2, 0.25) is 0 Å². The van der Waals surface area contributed by atoms with Gasteiger partial charge in [0.25, 0.3) is 0 Å². The summed E-state index contributed by atoms with van der Waals surface area (Å²) in [6.45, 7) is 5.77. The SMILES string of the molecule is CC(N)Cc1ccc(N2CCOCC2)s1. The third-order valence-corrected chi connectivity index (χ3v) is 3.66. The molecule has 1 saturated heterocycles. The Morgan fingerprint density at radius 1 is 1.47 bits per heavy atom. The Bertz CT molecular complexity index is 305. The molecule has 1 aliphatic rings. The van der Waals surface area contributed by atoms with Crippen molar-refractivity contribution < 1.29 is 4.74 Å². The zero-order chi connectivity index (χ0) is 10.7. The van der Waals surface area contributed by atoms with Crippen LogP contribution in [-0.4, -0.2) is 32.3 Å². The van der Waals surface area contributed by atoms with Crippen LogP contribution in [0.2, 0.25) is 0 Å². The Morgan fingerprint density at radius 3 is 2.87 bits per heavy atom. The highest BCUT2D eigenvalue weighted by atomic mass is 32.1. The van der Waals surface area contributed by atoms with Crippen molar-refractivity contribution >= 4 is 16.3 Å². The van der Waals surface area contributed by atoms with Crippen molar-refractivity contribution in [3.63, 3.8) is 0 Å². The normalized spacial score (nSPS) is 19.2. The van der Waals surface area contributed by atoms with E-state index in [-0.39, 0.29) is 6.04 Å². The highest BCUT2D eigenvalue weighted by Crippen LogP contribution is 2.27. The third kappa shape index (κ3) is 2.93. The van der Waals surface area contributed by atoms with Crippen LogP contribution in [0.3, 0.4) is 0 Å². The summed E-state index contributed by atoms with van der Waals surface area (Å²) in [6.07, 6.45) is 0.981. The third-order valence-electron chi connectivity index (χ3n) is 2.49. The van der Waals surface area contributed by atoms with Crippen LogP contribution >= 0.6 is 11.3 Å². The van der Waals surface area contributed by atoms with Crippen LogP contribution < -0.4 is 10.6 Å². The van der Waals surface area contributed by atoms with Crippen LogP contribution in [0, 0.1) is 0 Å². The van der Waals surface area contributed by atoms with Crippen molar-refractivity contribution in [2.24, 2.45) is 5.73 Å². The molecule has 15 heavy (non-hydrogen) atoms. The molecule has 0 amide bonds. The zero-order valence-corrected chi connectivity index (χ0v) is 9.93. The molecule has 2 heterocycles. The van der Waals surface area contributed by atoms with E-state index < -0.39 is 0 Å². The summed E-state index contributed by atoms with van der Waals surface area (Å²) >= 11 is 1.86. The van der Waals surface area contributed by atoms with Gasteiger partial charge in [-0.05, 0) is 25.5 Å². The molecule has 0 spiro atoms. The summed E-state index contributed by atoms with van der Waals surface area (Å²) in [4.78, 5) is 3.77. The Labute approximate surface area is 94.8 Å². The number of morpholine rings is 1. The van der Waals surface area contributed by atoms with Crippen LogP contribution in [0.1, 0.15) is 11.8 Å². The molecule has 3 nitrogen and oxygen atoms in total. The second-order valence-corrected chi connectivity index (χ2v) is 5.17. The van der Waals surface area contributed by atoms with Crippen molar-refractivity contribution in [3.05, 3.63) is 17.0 Å². The van der Waals surface area contributed by atoms with Gasteiger partial charge >= 0.3 is 0 Å². The molecule has 1 atom stereocenters. The Morgan fingerprint density at radius 2 is 2.20 bits per heavy atom. The predicted octanol–water partition coefficient (Wildman–Crippen LogP) is 1.47. The number of anilines is 1. The number of nitrogens with zero attached hydrogens (tertiary/aromatic N) is 1. The Hall–Kier alpha value is -0.580. The maximum absolute atomic E-state index is 5.79. The lowest BCUT2D eigenvalue weighted by Gasteiger charge is -2.27. The number of ether oxygens (including phenoxy) is 1. The molecule has 0 aromatic carbocycles. The molecule has 0 radical (unpaired) electrons. The molecule has 0 saturated carbocycles. The summed E-state index contributed by atoms with van der Waals surface area (Å²) in [5, 5.41) is 1.36. The standard InChI is InChI=1S/C11H18N2OS/c1-9(12)8-10-2-3-11(15-10)13-4-6-14-7-5-13/h2-3,9H,4-8,12H2,1H3. The molecule has 84 valence electrons. The van der Waals surface area contributed by atoms with Gasteiger partial charge in [-0.25, -0.2) is 0 Å². The first kappa shape index (κ1) is 10.9.